The average Bonchev–Trinajstić information content (AvgIpc) is 2.55. The Morgan fingerprint density at radius 2 is 1.92 bits per heavy atom. The third kappa shape index (κ3) is 6.49. The molecule has 0 saturated heterocycles. The minimum absolute atomic E-state index is 0. The van der Waals surface area contributed by atoms with Gasteiger partial charge in [0.05, 0.1) is 0 Å². The van der Waals surface area contributed by atoms with Crippen molar-refractivity contribution in [3.05, 3.63) is 59.5 Å². The number of hydrogen-bond acceptors (Lipinski definition) is 3. The minimum Gasteiger partial charge on any atom is -0.363 e. The molecule has 1 N–H and O–H groups in total. The van der Waals surface area contributed by atoms with Gasteiger partial charge in [0.1, 0.15) is 11.6 Å². The van der Waals surface area contributed by atoms with Crippen LogP contribution >= 0.6 is 24.0 Å². The SMILES string of the molecule is CN=C(NCc1ccnc(N(C)C)c1)N(C)Cc1cccc(F)c1.I. The highest BCUT2D eigenvalue weighted by atomic mass is 127. The van der Waals surface area contributed by atoms with E-state index in [4.69, 9.17) is 0 Å². The van der Waals surface area contributed by atoms with Crippen LogP contribution in [0.15, 0.2) is 47.6 Å². The molecule has 0 amide bonds. The lowest BCUT2D eigenvalue weighted by Gasteiger charge is -2.22. The molecule has 1 aromatic carbocycles. The van der Waals surface area contributed by atoms with Crippen molar-refractivity contribution in [3.63, 3.8) is 0 Å². The summed E-state index contributed by atoms with van der Waals surface area (Å²) in [6, 6.07) is 10.6. The van der Waals surface area contributed by atoms with Crippen molar-refractivity contribution in [2.45, 2.75) is 13.1 Å². The first-order chi connectivity index (χ1) is 11.5. The third-order valence-electron chi connectivity index (χ3n) is 3.60. The molecule has 1 heterocycles. The van der Waals surface area contributed by atoms with Crippen molar-refractivity contribution in [3.8, 4) is 0 Å². The molecule has 0 spiro atoms. The molecule has 7 heteroatoms. The number of halogens is 2. The first-order valence-electron chi connectivity index (χ1n) is 7.78. The van der Waals surface area contributed by atoms with Gasteiger partial charge in [0, 0.05) is 47.5 Å². The topological polar surface area (TPSA) is 43.8 Å². The summed E-state index contributed by atoms with van der Waals surface area (Å²) >= 11 is 0. The molecule has 136 valence electrons. The van der Waals surface area contributed by atoms with Crippen LogP contribution in [0.2, 0.25) is 0 Å². The average molecular weight is 457 g/mol. The van der Waals surface area contributed by atoms with Gasteiger partial charge in [-0.1, -0.05) is 12.1 Å². The van der Waals surface area contributed by atoms with E-state index in [0.717, 1.165) is 22.9 Å². The van der Waals surface area contributed by atoms with E-state index in [1.165, 1.54) is 12.1 Å². The molecule has 0 aliphatic heterocycles. The summed E-state index contributed by atoms with van der Waals surface area (Å²) in [4.78, 5) is 12.5. The second kappa shape index (κ2) is 10.2. The van der Waals surface area contributed by atoms with E-state index in [1.807, 2.05) is 49.1 Å². The van der Waals surface area contributed by atoms with E-state index in [-0.39, 0.29) is 29.8 Å². The Bertz CT molecular complexity index is 705. The lowest BCUT2D eigenvalue weighted by Crippen LogP contribution is -2.38. The van der Waals surface area contributed by atoms with Crippen molar-refractivity contribution in [1.29, 1.82) is 0 Å². The summed E-state index contributed by atoms with van der Waals surface area (Å²) in [5.74, 6) is 1.44. The number of hydrogen-bond donors (Lipinski definition) is 1. The maximum atomic E-state index is 13.3. The number of guanidine groups is 1. The van der Waals surface area contributed by atoms with Crippen LogP contribution in [0, 0.1) is 5.82 Å². The van der Waals surface area contributed by atoms with Crippen molar-refractivity contribution >= 4 is 35.8 Å². The van der Waals surface area contributed by atoms with E-state index in [1.54, 1.807) is 19.3 Å². The Labute approximate surface area is 166 Å². The molecule has 0 bridgehead atoms. The number of aromatic nitrogens is 1. The highest BCUT2D eigenvalue weighted by Crippen LogP contribution is 2.10. The molecule has 0 aliphatic rings. The molecule has 0 saturated carbocycles. The quantitative estimate of drug-likeness (QED) is 0.426. The number of anilines is 1. The molecular formula is C18H25FIN5. The Morgan fingerprint density at radius 1 is 1.16 bits per heavy atom. The molecule has 5 nitrogen and oxygen atoms in total. The molecule has 1 aromatic heterocycles. The third-order valence-corrected chi connectivity index (χ3v) is 3.60. The van der Waals surface area contributed by atoms with E-state index in [2.05, 4.69) is 15.3 Å². The Hall–Kier alpha value is -1.90. The Morgan fingerprint density at radius 3 is 2.56 bits per heavy atom. The molecule has 0 atom stereocenters. The van der Waals surface area contributed by atoms with Crippen LogP contribution in [0.1, 0.15) is 11.1 Å². The molecule has 0 unspecified atom stereocenters. The summed E-state index contributed by atoms with van der Waals surface area (Å²) < 4.78 is 13.3. The minimum atomic E-state index is -0.225. The lowest BCUT2D eigenvalue weighted by atomic mass is 10.2. The van der Waals surface area contributed by atoms with Crippen LogP contribution in [0.5, 0.6) is 0 Å². The molecule has 2 rings (SSSR count). The van der Waals surface area contributed by atoms with Gasteiger partial charge in [-0.15, -0.1) is 24.0 Å². The van der Waals surface area contributed by atoms with Gasteiger partial charge >= 0.3 is 0 Å². The number of nitrogens with one attached hydrogen (secondary N) is 1. The second-order valence-electron chi connectivity index (χ2n) is 5.80. The van der Waals surface area contributed by atoms with Gasteiger partial charge in [-0.05, 0) is 35.4 Å². The van der Waals surface area contributed by atoms with E-state index >= 15 is 0 Å². The fourth-order valence-corrected chi connectivity index (χ4v) is 2.37. The van der Waals surface area contributed by atoms with Crippen LogP contribution in [-0.4, -0.2) is 44.0 Å². The van der Waals surface area contributed by atoms with Crippen LogP contribution in [0.25, 0.3) is 0 Å². The summed E-state index contributed by atoms with van der Waals surface area (Å²) in [6.07, 6.45) is 1.80. The van der Waals surface area contributed by atoms with Gasteiger partial charge in [-0.2, -0.15) is 0 Å². The van der Waals surface area contributed by atoms with Gasteiger partial charge in [0.2, 0.25) is 0 Å². The van der Waals surface area contributed by atoms with Crippen LogP contribution < -0.4 is 10.2 Å². The monoisotopic (exact) mass is 457 g/mol. The fraction of sp³-hybridized carbons (Fsp3) is 0.333. The number of aliphatic imine (C=N–C) groups is 1. The van der Waals surface area contributed by atoms with Gasteiger partial charge < -0.3 is 15.1 Å². The van der Waals surface area contributed by atoms with E-state index in [9.17, 15) is 4.39 Å². The first-order valence-corrected chi connectivity index (χ1v) is 7.78. The van der Waals surface area contributed by atoms with Gasteiger partial charge in [0.25, 0.3) is 0 Å². The Kier molecular flexibility index (Phi) is 8.60. The van der Waals surface area contributed by atoms with E-state index in [0.29, 0.717) is 13.1 Å². The number of rotatable bonds is 5. The fourth-order valence-electron chi connectivity index (χ4n) is 2.37. The van der Waals surface area contributed by atoms with Crippen molar-refractivity contribution in [2.75, 3.05) is 33.1 Å². The maximum absolute atomic E-state index is 13.3. The highest BCUT2D eigenvalue weighted by molar-refractivity contribution is 14.0. The molecule has 0 aliphatic carbocycles. The molecule has 0 fully saturated rings. The van der Waals surface area contributed by atoms with Gasteiger partial charge in [0.15, 0.2) is 5.96 Å². The number of pyridine rings is 1. The molecule has 2 aromatic rings. The lowest BCUT2D eigenvalue weighted by molar-refractivity contribution is 0.474. The van der Waals surface area contributed by atoms with Crippen molar-refractivity contribution in [2.24, 2.45) is 4.99 Å². The predicted octanol–water partition coefficient (Wildman–Crippen LogP) is 3.11. The van der Waals surface area contributed by atoms with Gasteiger partial charge in [-0.3, -0.25) is 4.99 Å². The molecular weight excluding hydrogens is 432 g/mol. The molecule has 25 heavy (non-hydrogen) atoms. The van der Waals surface area contributed by atoms with Crippen LogP contribution in [0.4, 0.5) is 10.2 Å². The normalized spacial score (nSPS) is 10.8. The zero-order valence-corrected chi connectivity index (χ0v) is 17.4. The second-order valence-corrected chi connectivity index (χ2v) is 5.80. The highest BCUT2D eigenvalue weighted by Gasteiger charge is 2.08. The smallest absolute Gasteiger partial charge is 0.193 e. The Balaban J connectivity index is 0.00000312. The largest absolute Gasteiger partial charge is 0.363 e. The maximum Gasteiger partial charge on any atom is 0.193 e. The first kappa shape index (κ1) is 21.1. The predicted molar refractivity (Wildman–Crippen MR) is 112 cm³/mol. The zero-order valence-electron chi connectivity index (χ0n) is 15.0. The summed E-state index contributed by atoms with van der Waals surface area (Å²) in [5, 5.41) is 3.32. The van der Waals surface area contributed by atoms with E-state index < -0.39 is 0 Å². The number of nitrogens with zero attached hydrogens (tertiary/aromatic N) is 4. The van der Waals surface area contributed by atoms with Crippen LogP contribution in [0.3, 0.4) is 0 Å². The van der Waals surface area contributed by atoms with Crippen molar-refractivity contribution < 1.29 is 4.39 Å². The number of benzene rings is 1. The standard InChI is InChI=1S/C18H24FN5.HI/c1-20-18(24(4)13-15-6-5-7-16(19)10-15)22-12-14-8-9-21-17(11-14)23(2)3;/h5-11H,12-13H2,1-4H3,(H,20,22);1H. The van der Waals surface area contributed by atoms with Crippen molar-refractivity contribution in [1.82, 2.24) is 15.2 Å². The zero-order chi connectivity index (χ0) is 17.5. The van der Waals surface area contributed by atoms with Gasteiger partial charge in [-0.25, -0.2) is 9.37 Å². The molecule has 0 radical (unpaired) electrons. The summed E-state index contributed by atoms with van der Waals surface area (Å²) in [6.45, 7) is 1.22. The summed E-state index contributed by atoms with van der Waals surface area (Å²) in [5.41, 5.74) is 2.02. The summed E-state index contributed by atoms with van der Waals surface area (Å²) in [7, 11) is 7.59. The van der Waals surface area contributed by atoms with Crippen LogP contribution in [-0.2, 0) is 13.1 Å².